The van der Waals surface area contributed by atoms with Gasteiger partial charge in [0.25, 0.3) is 5.91 Å². The van der Waals surface area contributed by atoms with Crippen LogP contribution < -0.4 is 5.32 Å². The maximum Gasteiger partial charge on any atom is 0.255 e. The van der Waals surface area contributed by atoms with Gasteiger partial charge in [-0.15, -0.1) is 12.6 Å². The Balaban J connectivity index is 2.18. The number of aryl methyl sites for hydroxylation is 1. The zero-order valence-corrected chi connectivity index (χ0v) is 10.7. The van der Waals surface area contributed by atoms with Crippen molar-refractivity contribution in [1.29, 1.82) is 0 Å². The van der Waals surface area contributed by atoms with E-state index in [-0.39, 0.29) is 11.6 Å². The number of thiol groups is 1. The molecule has 0 radical (unpaired) electrons. The van der Waals surface area contributed by atoms with Crippen LogP contribution in [0.15, 0.2) is 47.4 Å². The normalized spacial score (nSPS) is 10.2. The highest BCUT2D eigenvalue weighted by molar-refractivity contribution is 7.80. The Hall–Kier alpha value is -1.81. The number of rotatable bonds is 2. The summed E-state index contributed by atoms with van der Waals surface area (Å²) in [4.78, 5) is 12.6. The first kappa shape index (κ1) is 12.6. The molecular weight excluding hydrogens is 249 g/mol. The molecule has 0 spiro atoms. The average Bonchev–Trinajstić information content (AvgIpc) is 2.33. The minimum absolute atomic E-state index is 0.181. The third kappa shape index (κ3) is 2.90. The van der Waals surface area contributed by atoms with Crippen molar-refractivity contribution in [1.82, 2.24) is 0 Å². The van der Waals surface area contributed by atoms with E-state index in [9.17, 15) is 9.18 Å². The second-order valence-corrected chi connectivity index (χ2v) is 4.50. The summed E-state index contributed by atoms with van der Waals surface area (Å²) in [6.45, 7) is 1.79. The highest BCUT2D eigenvalue weighted by Crippen LogP contribution is 2.17. The molecule has 0 saturated carbocycles. The van der Waals surface area contributed by atoms with Crippen LogP contribution in [0.5, 0.6) is 0 Å². The van der Waals surface area contributed by atoms with Gasteiger partial charge in [-0.25, -0.2) is 4.39 Å². The van der Waals surface area contributed by atoms with E-state index in [2.05, 4.69) is 17.9 Å². The molecule has 18 heavy (non-hydrogen) atoms. The number of nitrogens with one attached hydrogen (secondary N) is 1. The van der Waals surface area contributed by atoms with Crippen LogP contribution in [-0.4, -0.2) is 5.91 Å². The molecule has 0 bridgehead atoms. The molecule has 1 amide bonds. The van der Waals surface area contributed by atoms with E-state index in [1.165, 1.54) is 6.07 Å². The fourth-order valence-corrected chi connectivity index (χ4v) is 1.68. The second kappa shape index (κ2) is 5.23. The molecule has 0 aliphatic carbocycles. The Morgan fingerprint density at radius 1 is 1.17 bits per heavy atom. The highest BCUT2D eigenvalue weighted by atomic mass is 32.1. The Bertz CT molecular complexity index is 581. The van der Waals surface area contributed by atoms with Crippen molar-refractivity contribution in [2.24, 2.45) is 0 Å². The number of carbonyl (C=O) groups excluding carboxylic acids is 1. The smallest absolute Gasteiger partial charge is 0.255 e. The Labute approximate surface area is 110 Å². The second-order valence-electron chi connectivity index (χ2n) is 3.98. The quantitative estimate of drug-likeness (QED) is 0.793. The standard InChI is InChI=1S/C14H12FNOS/c1-9-2-7-13(12(15)8-9)16-14(17)10-3-5-11(18)6-4-10/h2-8,18H,1H3,(H,16,17). The van der Waals surface area contributed by atoms with Crippen molar-refractivity contribution >= 4 is 24.2 Å². The van der Waals surface area contributed by atoms with E-state index >= 15 is 0 Å². The first-order chi connectivity index (χ1) is 8.56. The molecule has 1 N–H and O–H groups in total. The molecular formula is C14H12FNOS. The van der Waals surface area contributed by atoms with Crippen LogP contribution in [0.4, 0.5) is 10.1 Å². The average molecular weight is 261 g/mol. The van der Waals surface area contributed by atoms with Crippen molar-refractivity contribution in [2.45, 2.75) is 11.8 Å². The van der Waals surface area contributed by atoms with Crippen molar-refractivity contribution in [3.63, 3.8) is 0 Å². The van der Waals surface area contributed by atoms with Crippen LogP contribution in [-0.2, 0) is 0 Å². The first-order valence-electron chi connectivity index (χ1n) is 5.43. The summed E-state index contributed by atoms with van der Waals surface area (Å²) in [7, 11) is 0. The molecule has 0 aliphatic rings. The molecule has 2 aromatic rings. The fourth-order valence-electron chi connectivity index (χ4n) is 1.53. The molecule has 0 saturated heterocycles. The van der Waals surface area contributed by atoms with Gasteiger partial charge in [-0.1, -0.05) is 6.07 Å². The highest BCUT2D eigenvalue weighted by Gasteiger charge is 2.08. The van der Waals surface area contributed by atoms with Gasteiger partial charge < -0.3 is 5.32 Å². The molecule has 0 heterocycles. The van der Waals surface area contributed by atoms with E-state index < -0.39 is 5.82 Å². The first-order valence-corrected chi connectivity index (χ1v) is 5.87. The van der Waals surface area contributed by atoms with Crippen LogP contribution >= 0.6 is 12.6 Å². The number of hydrogen-bond donors (Lipinski definition) is 2. The SMILES string of the molecule is Cc1ccc(NC(=O)c2ccc(S)cc2)c(F)c1. The molecule has 2 rings (SSSR count). The van der Waals surface area contributed by atoms with Gasteiger partial charge >= 0.3 is 0 Å². The van der Waals surface area contributed by atoms with Gasteiger partial charge in [0.15, 0.2) is 0 Å². The predicted octanol–water partition coefficient (Wildman–Crippen LogP) is 3.68. The summed E-state index contributed by atoms with van der Waals surface area (Å²) in [5.41, 5.74) is 1.46. The van der Waals surface area contributed by atoms with Gasteiger partial charge in [0.05, 0.1) is 5.69 Å². The number of amides is 1. The van der Waals surface area contributed by atoms with Crippen molar-refractivity contribution < 1.29 is 9.18 Å². The van der Waals surface area contributed by atoms with E-state index in [1.807, 2.05) is 0 Å². The molecule has 4 heteroatoms. The summed E-state index contributed by atoms with van der Waals surface area (Å²) >= 11 is 4.14. The third-order valence-corrected chi connectivity index (χ3v) is 2.80. The Morgan fingerprint density at radius 2 is 1.83 bits per heavy atom. The van der Waals surface area contributed by atoms with Gasteiger partial charge in [0.2, 0.25) is 0 Å². The summed E-state index contributed by atoms with van der Waals surface area (Å²) in [6, 6.07) is 11.4. The van der Waals surface area contributed by atoms with Crippen LogP contribution in [0.1, 0.15) is 15.9 Å². The molecule has 92 valence electrons. The Morgan fingerprint density at radius 3 is 2.44 bits per heavy atom. The van der Waals surface area contributed by atoms with Crippen molar-refractivity contribution in [3.05, 3.63) is 59.4 Å². The third-order valence-electron chi connectivity index (χ3n) is 2.50. The minimum atomic E-state index is -0.436. The zero-order chi connectivity index (χ0) is 13.1. The van der Waals surface area contributed by atoms with Gasteiger partial charge in [-0.3, -0.25) is 4.79 Å². The molecule has 0 atom stereocenters. The summed E-state index contributed by atoms with van der Waals surface area (Å²) < 4.78 is 13.6. The molecule has 2 aromatic carbocycles. The molecule has 0 aromatic heterocycles. The molecule has 0 unspecified atom stereocenters. The van der Waals surface area contributed by atoms with Crippen LogP contribution in [0.2, 0.25) is 0 Å². The van der Waals surface area contributed by atoms with Crippen molar-refractivity contribution in [2.75, 3.05) is 5.32 Å². The lowest BCUT2D eigenvalue weighted by Crippen LogP contribution is -2.12. The lowest BCUT2D eigenvalue weighted by atomic mass is 10.2. The molecule has 2 nitrogen and oxygen atoms in total. The maximum atomic E-state index is 13.6. The lowest BCUT2D eigenvalue weighted by Gasteiger charge is -2.07. The predicted molar refractivity (Wildman–Crippen MR) is 72.8 cm³/mol. The topological polar surface area (TPSA) is 29.1 Å². The Kier molecular flexibility index (Phi) is 3.67. The minimum Gasteiger partial charge on any atom is -0.319 e. The number of benzene rings is 2. The molecule has 0 fully saturated rings. The largest absolute Gasteiger partial charge is 0.319 e. The monoisotopic (exact) mass is 261 g/mol. The van der Waals surface area contributed by atoms with Gasteiger partial charge in [0.1, 0.15) is 5.82 Å². The number of hydrogen-bond acceptors (Lipinski definition) is 2. The van der Waals surface area contributed by atoms with E-state index in [0.29, 0.717) is 5.56 Å². The summed E-state index contributed by atoms with van der Waals surface area (Å²) in [5.74, 6) is -0.778. The van der Waals surface area contributed by atoms with Crippen LogP contribution in [0, 0.1) is 12.7 Å². The number of halogens is 1. The van der Waals surface area contributed by atoms with E-state index in [4.69, 9.17) is 0 Å². The van der Waals surface area contributed by atoms with Crippen LogP contribution in [0.25, 0.3) is 0 Å². The van der Waals surface area contributed by atoms with E-state index in [0.717, 1.165) is 10.5 Å². The number of carbonyl (C=O) groups is 1. The van der Waals surface area contributed by atoms with Gasteiger partial charge in [-0.2, -0.15) is 0 Å². The van der Waals surface area contributed by atoms with Gasteiger partial charge in [-0.05, 0) is 48.9 Å². The van der Waals surface area contributed by atoms with Crippen LogP contribution in [0.3, 0.4) is 0 Å². The van der Waals surface area contributed by atoms with Crippen molar-refractivity contribution in [3.8, 4) is 0 Å². The van der Waals surface area contributed by atoms with E-state index in [1.54, 1.807) is 43.3 Å². The molecule has 0 aliphatic heterocycles. The zero-order valence-electron chi connectivity index (χ0n) is 9.77. The lowest BCUT2D eigenvalue weighted by molar-refractivity contribution is 0.102. The fraction of sp³-hybridized carbons (Fsp3) is 0.0714. The summed E-state index contributed by atoms with van der Waals surface area (Å²) in [6.07, 6.45) is 0. The maximum absolute atomic E-state index is 13.6. The number of anilines is 1. The van der Waals surface area contributed by atoms with Gasteiger partial charge in [0, 0.05) is 10.5 Å². The summed E-state index contributed by atoms with van der Waals surface area (Å²) in [5, 5.41) is 2.53.